The monoisotopic (exact) mass is 260 g/mol. The Morgan fingerprint density at radius 1 is 1.44 bits per heavy atom. The Morgan fingerprint density at radius 2 is 2.00 bits per heavy atom. The molecule has 0 saturated carbocycles. The van der Waals surface area contributed by atoms with Crippen molar-refractivity contribution < 1.29 is 18.8 Å². The molecule has 0 atom stereocenters. The van der Waals surface area contributed by atoms with Crippen molar-refractivity contribution in [3.63, 3.8) is 0 Å². The van der Waals surface area contributed by atoms with Crippen LogP contribution < -0.4 is 4.90 Å². The summed E-state index contributed by atoms with van der Waals surface area (Å²) in [6.45, 7) is 2.75. The smallest absolute Gasteiger partial charge is 0.295 e. The Hall–Kier alpha value is -1.76. The molecule has 100 valence electrons. The first-order valence-electron chi connectivity index (χ1n) is 5.19. The van der Waals surface area contributed by atoms with Gasteiger partial charge in [-0.1, -0.05) is 0 Å². The van der Waals surface area contributed by atoms with Gasteiger partial charge in [0.1, 0.15) is 0 Å². The Bertz CT molecular complexity index is 478. The lowest BCUT2D eigenvalue weighted by Crippen LogP contribution is -2.45. The minimum absolute atomic E-state index is 0.364. The highest BCUT2D eigenvalue weighted by Crippen LogP contribution is 2.35. The molecule has 0 aliphatic heterocycles. The van der Waals surface area contributed by atoms with Crippen LogP contribution in [0.1, 0.15) is 13.8 Å². The maximum Gasteiger partial charge on any atom is 0.295 e. The second-order valence-electron chi connectivity index (χ2n) is 4.52. The molecule has 1 aromatic rings. The van der Waals surface area contributed by atoms with E-state index in [4.69, 9.17) is 0 Å². The van der Waals surface area contributed by atoms with Crippen molar-refractivity contribution >= 4 is 11.4 Å². The maximum atomic E-state index is 13.7. The van der Waals surface area contributed by atoms with E-state index in [1.54, 1.807) is 13.8 Å². The molecular weight excluding hydrogens is 246 g/mol. The number of benzene rings is 1. The predicted molar refractivity (Wildman–Crippen MR) is 62.6 cm³/mol. The molecule has 0 bridgehead atoms. The molecule has 0 spiro atoms. The van der Waals surface area contributed by atoms with Crippen molar-refractivity contribution in [2.24, 2.45) is 0 Å². The maximum absolute atomic E-state index is 13.7. The standard InChI is InChI=1S/C11H14F2N2O3/c1-11(2,6-16)14(3)10-8(15(17)18)5-4-7(12)9(10)13/h4-5,16H,6H2,1-3H3. The van der Waals surface area contributed by atoms with E-state index in [1.807, 2.05) is 0 Å². The summed E-state index contributed by atoms with van der Waals surface area (Å²) in [6, 6.07) is 1.61. The van der Waals surface area contributed by atoms with Crippen LogP contribution in [0.2, 0.25) is 0 Å². The van der Waals surface area contributed by atoms with Gasteiger partial charge in [0.2, 0.25) is 0 Å². The molecule has 1 aromatic carbocycles. The van der Waals surface area contributed by atoms with Crippen LogP contribution in [0.15, 0.2) is 12.1 Å². The van der Waals surface area contributed by atoms with Gasteiger partial charge in [-0.05, 0) is 19.9 Å². The average Bonchev–Trinajstić information content (AvgIpc) is 2.31. The Labute approximate surface area is 103 Å². The van der Waals surface area contributed by atoms with Gasteiger partial charge in [-0.15, -0.1) is 0 Å². The molecule has 0 aliphatic rings. The van der Waals surface area contributed by atoms with Crippen LogP contribution in [0, 0.1) is 21.7 Å². The number of hydrogen-bond acceptors (Lipinski definition) is 4. The predicted octanol–water partition coefficient (Wildman–Crippen LogP) is 2.08. The van der Waals surface area contributed by atoms with Gasteiger partial charge in [-0.3, -0.25) is 10.1 Å². The number of anilines is 1. The molecule has 0 aromatic heterocycles. The summed E-state index contributed by atoms with van der Waals surface area (Å²) in [6.07, 6.45) is 0. The van der Waals surface area contributed by atoms with Crippen LogP contribution in [0.5, 0.6) is 0 Å². The van der Waals surface area contributed by atoms with Gasteiger partial charge < -0.3 is 10.0 Å². The van der Waals surface area contributed by atoms with E-state index in [0.717, 1.165) is 11.0 Å². The minimum Gasteiger partial charge on any atom is -0.394 e. The molecule has 1 rings (SSSR count). The molecular formula is C11H14F2N2O3. The Kier molecular flexibility index (Phi) is 3.85. The number of nitro benzene ring substituents is 1. The van der Waals surface area contributed by atoms with Crippen LogP contribution in [-0.4, -0.2) is 29.2 Å². The van der Waals surface area contributed by atoms with Crippen LogP contribution in [-0.2, 0) is 0 Å². The Morgan fingerprint density at radius 3 is 2.44 bits per heavy atom. The number of nitrogens with zero attached hydrogens (tertiary/aromatic N) is 2. The minimum atomic E-state index is -1.30. The highest BCUT2D eigenvalue weighted by Gasteiger charge is 2.32. The van der Waals surface area contributed by atoms with Crippen molar-refractivity contribution in [3.05, 3.63) is 33.9 Å². The largest absolute Gasteiger partial charge is 0.394 e. The fourth-order valence-electron chi connectivity index (χ4n) is 1.40. The molecule has 5 nitrogen and oxygen atoms in total. The number of hydrogen-bond donors (Lipinski definition) is 1. The number of halogens is 2. The van der Waals surface area contributed by atoms with Gasteiger partial charge in [0.15, 0.2) is 17.3 Å². The van der Waals surface area contributed by atoms with E-state index in [9.17, 15) is 24.0 Å². The molecule has 0 fully saturated rings. The summed E-state index contributed by atoms with van der Waals surface area (Å²) in [7, 11) is 1.36. The molecule has 0 saturated heterocycles. The fourth-order valence-corrected chi connectivity index (χ4v) is 1.40. The third kappa shape index (κ3) is 2.40. The van der Waals surface area contributed by atoms with E-state index >= 15 is 0 Å². The second-order valence-corrected chi connectivity index (χ2v) is 4.52. The first kappa shape index (κ1) is 14.3. The number of likely N-dealkylation sites (N-methyl/N-ethyl adjacent to an activating group) is 1. The molecule has 7 heteroatoms. The van der Waals surface area contributed by atoms with Gasteiger partial charge in [-0.2, -0.15) is 0 Å². The summed E-state index contributed by atoms with van der Waals surface area (Å²) < 4.78 is 26.9. The van der Waals surface area contributed by atoms with E-state index < -0.39 is 33.5 Å². The molecule has 1 N–H and O–H groups in total. The molecule has 0 heterocycles. The lowest BCUT2D eigenvalue weighted by Gasteiger charge is -2.35. The number of nitro groups is 1. The zero-order valence-corrected chi connectivity index (χ0v) is 10.3. The quantitative estimate of drug-likeness (QED) is 0.665. The third-order valence-corrected chi connectivity index (χ3v) is 2.87. The SMILES string of the molecule is CN(c1c([N+](=O)[O-])ccc(F)c1F)C(C)(C)CO. The fraction of sp³-hybridized carbons (Fsp3) is 0.455. The summed E-state index contributed by atoms with van der Waals surface area (Å²) in [5, 5.41) is 20.0. The summed E-state index contributed by atoms with van der Waals surface area (Å²) in [5.74, 6) is -2.47. The summed E-state index contributed by atoms with van der Waals surface area (Å²) >= 11 is 0. The number of aliphatic hydroxyl groups is 1. The second kappa shape index (κ2) is 4.85. The zero-order chi connectivity index (χ0) is 14.1. The van der Waals surface area contributed by atoms with Crippen molar-refractivity contribution in [2.45, 2.75) is 19.4 Å². The van der Waals surface area contributed by atoms with E-state index in [2.05, 4.69) is 0 Å². The van der Waals surface area contributed by atoms with Crippen molar-refractivity contribution in [2.75, 3.05) is 18.6 Å². The highest BCUT2D eigenvalue weighted by atomic mass is 19.2. The zero-order valence-electron chi connectivity index (χ0n) is 10.3. The molecule has 18 heavy (non-hydrogen) atoms. The van der Waals surface area contributed by atoms with Crippen LogP contribution in [0.4, 0.5) is 20.2 Å². The highest BCUT2D eigenvalue weighted by molar-refractivity contribution is 5.65. The first-order chi connectivity index (χ1) is 8.22. The summed E-state index contributed by atoms with van der Waals surface area (Å²) in [5.41, 5.74) is -1.98. The van der Waals surface area contributed by atoms with Crippen LogP contribution >= 0.6 is 0 Å². The number of aliphatic hydroxyl groups excluding tert-OH is 1. The normalized spacial score (nSPS) is 11.4. The molecule has 0 amide bonds. The third-order valence-electron chi connectivity index (χ3n) is 2.87. The molecule has 0 unspecified atom stereocenters. The number of rotatable bonds is 4. The Balaban J connectivity index is 3.46. The van der Waals surface area contributed by atoms with Crippen molar-refractivity contribution in [3.8, 4) is 0 Å². The topological polar surface area (TPSA) is 66.6 Å². The molecule has 0 aliphatic carbocycles. The van der Waals surface area contributed by atoms with E-state index in [-0.39, 0.29) is 6.61 Å². The lowest BCUT2D eigenvalue weighted by atomic mass is 10.0. The lowest BCUT2D eigenvalue weighted by molar-refractivity contribution is -0.384. The van der Waals surface area contributed by atoms with Crippen LogP contribution in [0.25, 0.3) is 0 Å². The average molecular weight is 260 g/mol. The van der Waals surface area contributed by atoms with Crippen molar-refractivity contribution in [1.82, 2.24) is 0 Å². The van der Waals surface area contributed by atoms with Crippen LogP contribution in [0.3, 0.4) is 0 Å². The summed E-state index contributed by atoms with van der Waals surface area (Å²) in [4.78, 5) is 11.2. The van der Waals surface area contributed by atoms with Gasteiger partial charge in [0.05, 0.1) is 17.1 Å². The van der Waals surface area contributed by atoms with Gasteiger partial charge in [0.25, 0.3) is 5.69 Å². The van der Waals surface area contributed by atoms with E-state index in [1.165, 1.54) is 7.05 Å². The molecule has 0 radical (unpaired) electrons. The van der Waals surface area contributed by atoms with Gasteiger partial charge >= 0.3 is 0 Å². The van der Waals surface area contributed by atoms with Crippen molar-refractivity contribution in [1.29, 1.82) is 0 Å². The van der Waals surface area contributed by atoms with E-state index in [0.29, 0.717) is 6.07 Å². The van der Waals surface area contributed by atoms with Gasteiger partial charge in [-0.25, -0.2) is 8.78 Å². The first-order valence-corrected chi connectivity index (χ1v) is 5.19. The van der Waals surface area contributed by atoms with Gasteiger partial charge in [0, 0.05) is 13.1 Å².